The highest BCUT2D eigenvalue weighted by atomic mass is 32.2. The Balaban J connectivity index is 2.36. The third-order valence-corrected chi connectivity index (χ3v) is 5.42. The summed E-state index contributed by atoms with van der Waals surface area (Å²) in [4.78, 5) is 11.4. The van der Waals surface area contributed by atoms with Gasteiger partial charge in [0.2, 0.25) is 0 Å². The number of nitrogens with two attached hydrogens (primary N) is 1. The summed E-state index contributed by atoms with van der Waals surface area (Å²) in [5.74, 6) is 1.17. The lowest BCUT2D eigenvalue weighted by Gasteiger charge is -2.32. The predicted molar refractivity (Wildman–Crippen MR) is 105 cm³/mol. The van der Waals surface area contributed by atoms with Crippen LogP contribution in [0.25, 0.3) is 6.08 Å². The van der Waals surface area contributed by atoms with Gasteiger partial charge in [-0.3, -0.25) is 4.79 Å². The highest BCUT2D eigenvalue weighted by Crippen LogP contribution is 2.39. The summed E-state index contributed by atoms with van der Waals surface area (Å²) >= 11 is 1.23. The number of benzene rings is 1. The highest BCUT2D eigenvalue weighted by molar-refractivity contribution is 8.13. The Kier molecular flexibility index (Phi) is 5.91. The van der Waals surface area contributed by atoms with Gasteiger partial charge >= 0.3 is 7.12 Å². The van der Waals surface area contributed by atoms with Gasteiger partial charge in [-0.2, -0.15) is 0 Å². The smallest absolute Gasteiger partial charge is 0.491 e. The molecule has 2 rings (SSSR count). The fourth-order valence-corrected chi connectivity index (χ4v) is 3.01. The third-order valence-electron chi connectivity index (χ3n) is 4.54. The van der Waals surface area contributed by atoms with E-state index in [1.807, 2.05) is 45.9 Å². The highest BCUT2D eigenvalue weighted by Gasteiger charge is 2.52. The third kappa shape index (κ3) is 4.81. The summed E-state index contributed by atoms with van der Waals surface area (Å²) in [6.07, 6.45) is 1.96. The van der Waals surface area contributed by atoms with Gasteiger partial charge in [-0.1, -0.05) is 17.8 Å². The van der Waals surface area contributed by atoms with Crippen LogP contribution in [0.2, 0.25) is 0 Å². The number of thioether (sulfide) groups is 1. The van der Waals surface area contributed by atoms with E-state index in [2.05, 4.69) is 0 Å². The number of methoxy groups -OCH3 is 1. The van der Waals surface area contributed by atoms with Gasteiger partial charge in [0.1, 0.15) is 5.75 Å². The maximum absolute atomic E-state index is 11.4. The lowest BCUT2D eigenvalue weighted by atomic mass is 9.78. The van der Waals surface area contributed by atoms with Crippen LogP contribution in [-0.2, 0) is 14.1 Å². The monoisotopic (exact) mass is 363 g/mol. The molecule has 1 aliphatic rings. The molecule has 0 bridgehead atoms. The average Bonchev–Trinajstić information content (AvgIpc) is 2.70. The lowest BCUT2D eigenvalue weighted by molar-refractivity contribution is -0.109. The number of hydrogen-bond acceptors (Lipinski definition) is 6. The molecule has 0 spiro atoms. The second-order valence-electron chi connectivity index (χ2n) is 7.13. The van der Waals surface area contributed by atoms with Crippen molar-refractivity contribution in [1.82, 2.24) is 0 Å². The summed E-state index contributed by atoms with van der Waals surface area (Å²) in [6, 6.07) is 5.50. The number of rotatable bonds is 5. The van der Waals surface area contributed by atoms with E-state index in [9.17, 15) is 4.79 Å². The van der Waals surface area contributed by atoms with Crippen molar-refractivity contribution in [1.29, 1.82) is 0 Å². The summed E-state index contributed by atoms with van der Waals surface area (Å²) in [5, 5.41) is 0.0487. The zero-order valence-corrected chi connectivity index (χ0v) is 16.5. The van der Waals surface area contributed by atoms with Gasteiger partial charge in [0.25, 0.3) is 0 Å². The largest absolute Gasteiger partial charge is 0.497 e. The first-order valence-corrected chi connectivity index (χ1v) is 9.16. The van der Waals surface area contributed by atoms with Crippen LogP contribution >= 0.6 is 11.8 Å². The minimum Gasteiger partial charge on any atom is -0.497 e. The molecule has 0 saturated carbocycles. The lowest BCUT2D eigenvalue weighted by Crippen LogP contribution is -2.41. The zero-order valence-electron chi connectivity index (χ0n) is 15.7. The van der Waals surface area contributed by atoms with E-state index >= 15 is 0 Å². The minimum absolute atomic E-state index is 0.0487. The summed E-state index contributed by atoms with van der Waals surface area (Å²) < 4.78 is 17.6. The van der Waals surface area contributed by atoms with Gasteiger partial charge in [-0.25, -0.2) is 0 Å². The van der Waals surface area contributed by atoms with Crippen molar-refractivity contribution in [2.45, 2.75) is 45.8 Å². The van der Waals surface area contributed by atoms with Gasteiger partial charge < -0.3 is 19.8 Å². The summed E-state index contributed by atoms with van der Waals surface area (Å²) in [7, 11) is 1.09. The Bertz CT molecular complexity index is 672. The molecule has 0 radical (unpaired) electrons. The Labute approximate surface area is 154 Å². The fourth-order valence-electron chi connectivity index (χ4n) is 2.42. The molecule has 25 heavy (non-hydrogen) atoms. The molecule has 1 saturated heterocycles. The van der Waals surface area contributed by atoms with Crippen LogP contribution in [0.15, 0.2) is 23.7 Å². The van der Waals surface area contributed by atoms with Gasteiger partial charge in [-0.15, -0.1) is 0 Å². The molecule has 0 aliphatic carbocycles. The summed E-state index contributed by atoms with van der Waals surface area (Å²) in [5.41, 5.74) is 7.43. The molecule has 5 nitrogen and oxygen atoms in total. The van der Waals surface area contributed by atoms with Crippen molar-refractivity contribution in [3.63, 3.8) is 0 Å². The first-order chi connectivity index (χ1) is 11.5. The topological polar surface area (TPSA) is 70.8 Å². The molecule has 1 fully saturated rings. The molecule has 0 aromatic heterocycles. The average molecular weight is 363 g/mol. The molecule has 0 unspecified atom stereocenters. The summed E-state index contributed by atoms with van der Waals surface area (Å²) in [6.45, 7) is 9.58. The number of nitrogen functional groups attached to an aromatic ring is 1. The second kappa shape index (κ2) is 7.44. The van der Waals surface area contributed by atoms with Crippen LogP contribution in [0.3, 0.4) is 0 Å². The molecule has 1 aliphatic heterocycles. The molecule has 136 valence electrons. The van der Waals surface area contributed by atoms with E-state index in [4.69, 9.17) is 19.8 Å². The molecule has 1 heterocycles. The number of hydrogen-bond donors (Lipinski definition) is 1. The van der Waals surface area contributed by atoms with E-state index < -0.39 is 18.3 Å². The SMILES string of the molecule is COc1cc(N)cc(C=C(CSC(C)=O)B2OC(C)(C)C(C)(C)O2)c1. The molecular formula is C18H26BNO4S. The van der Waals surface area contributed by atoms with E-state index in [1.165, 1.54) is 11.8 Å². The van der Waals surface area contributed by atoms with Crippen LogP contribution in [0.4, 0.5) is 5.69 Å². The van der Waals surface area contributed by atoms with Crippen LogP contribution in [-0.4, -0.2) is 36.3 Å². The number of carbonyl (C=O) groups is 1. The number of anilines is 1. The molecule has 7 heteroatoms. The van der Waals surface area contributed by atoms with Crippen LogP contribution in [0.1, 0.15) is 40.2 Å². The van der Waals surface area contributed by atoms with Gasteiger partial charge in [-0.05, 0) is 50.9 Å². The van der Waals surface area contributed by atoms with Crippen molar-refractivity contribution in [3.05, 3.63) is 29.2 Å². The van der Waals surface area contributed by atoms with Gasteiger partial charge in [0.05, 0.1) is 18.3 Å². The zero-order chi connectivity index (χ0) is 18.8. The second-order valence-corrected chi connectivity index (χ2v) is 8.28. The number of ether oxygens (including phenoxy) is 1. The molecule has 1 aromatic carbocycles. The fraction of sp³-hybridized carbons (Fsp3) is 0.500. The molecule has 2 N–H and O–H groups in total. The maximum atomic E-state index is 11.4. The predicted octanol–water partition coefficient (Wildman–Crippen LogP) is 3.57. The van der Waals surface area contributed by atoms with Gasteiger partial charge in [0.15, 0.2) is 5.12 Å². The Hall–Kier alpha value is -1.44. The number of carbonyl (C=O) groups excluding carboxylic acids is 1. The quantitative estimate of drug-likeness (QED) is 0.637. The van der Waals surface area contributed by atoms with E-state index in [0.717, 1.165) is 11.0 Å². The molecule has 0 amide bonds. The van der Waals surface area contributed by atoms with E-state index in [1.54, 1.807) is 20.1 Å². The Morgan fingerprint density at radius 3 is 2.36 bits per heavy atom. The van der Waals surface area contributed by atoms with Crippen molar-refractivity contribution >= 4 is 35.8 Å². The first kappa shape index (κ1) is 19.9. The maximum Gasteiger partial charge on any atom is 0.491 e. The van der Waals surface area contributed by atoms with Crippen molar-refractivity contribution in [2.24, 2.45) is 0 Å². The van der Waals surface area contributed by atoms with Crippen molar-refractivity contribution in [2.75, 3.05) is 18.6 Å². The van der Waals surface area contributed by atoms with Crippen LogP contribution in [0, 0.1) is 0 Å². The normalized spacial score (nSPS) is 19.1. The van der Waals surface area contributed by atoms with E-state index in [0.29, 0.717) is 17.2 Å². The standard InChI is InChI=1S/C18H26BNO4S/c1-12(21)25-11-14(19-23-17(2,3)18(4,5)24-19)7-13-8-15(20)10-16(9-13)22-6/h7-10H,11,20H2,1-6H3. The van der Waals surface area contributed by atoms with Crippen LogP contribution in [0.5, 0.6) is 5.75 Å². The Morgan fingerprint density at radius 2 is 1.84 bits per heavy atom. The molecular weight excluding hydrogens is 337 g/mol. The van der Waals surface area contributed by atoms with Crippen LogP contribution < -0.4 is 10.5 Å². The molecule has 1 aromatic rings. The van der Waals surface area contributed by atoms with Crippen molar-refractivity contribution in [3.8, 4) is 5.75 Å². The van der Waals surface area contributed by atoms with Gasteiger partial charge in [0, 0.05) is 24.4 Å². The minimum atomic E-state index is -0.510. The molecule has 0 atom stereocenters. The van der Waals surface area contributed by atoms with E-state index in [-0.39, 0.29) is 5.12 Å². The Morgan fingerprint density at radius 1 is 1.24 bits per heavy atom. The first-order valence-electron chi connectivity index (χ1n) is 8.18. The van der Waals surface area contributed by atoms with Crippen molar-refractivity contribution < 1.29 is 18.8 Å².